The fourth-order valence-corrected chi connectivity index (χ4v) is 12.4. The van der Waals surface area contributed by atoms with Crippen molar-refractivity contribution in [2.24, 2.45) is 0 Å². The largest absolute Gasteiger partial charge is 0.345 e. The van der Waals surface area contributed by atoms with E-state index in [1.807, 2.05) is 12.1 Å². The predicted octanol–water partition coefficient (Wildman–Crippen LogP) is 3.48. The van der Waals surface area contributed by atoms with Gasteiger partial charge in [0.1, 0.15) is 28.9 Å². The van der Waals surface area contributed by atoms with E-state index in [0.29, 0.717) is 77.7 Å². The molecule has 0 radical (unpaired) electrons. The van der Waals surface area contributed by atoms with E-state index >= 15 is 0 Å². The third-order valence-corrected chi connectivity index (χ3v) is 15.8. The molecule has 318 valence electrons. The maximum absolute atomic E-state index is 14.6. The lowest BCUT2D eigenvalue weighted by molar-refractivity contribution is 0.101. The first-order chi connectivity index (χ1) is 29.5. The number of fused-ring (bicyclic) bond motifs is 5. The van der Waals surface area contributed by atoms with Crippen LogP contribution >= 0.6 is 0 Å². The number of aromatic nitrogens is 3. The first-order valence-electron chi connectivity index (χ1n) is 19.6. The molecule has 9 rings (SSSR count). The van der Waals surface area contributed by atoms with E-state index < -0.39 is 66.2 Å². The van der Waals surface area contributed by atoms with Gasteiger partial charge < -0.3 is 25.7 Å². The van der Waals surface area contributed by atoms with Gasteiger partial charge >= 0.3 is 0 Å². The number of nitrogens with zero attached hydrogens (tertiary/aromatic N) is 6. The van der Waals surface area contributed by atoms with Gasteiger partial charge in [0, 0.05) is 30.8 Å². The molecular formula is C41H39FN12O6S2. The third-order valence-electron chi connectivity index (χ3n) is 12.1. The molecule has 62 heavy (non-hydrogen) atoms. The molecule has 4 aliphatic rings. The molecule has 5 aromatic rings. The van der Waals surface area contributed by atoms with Crippen molar-refractivity contribution in [3.8, 4) is 6.07 Å². The van der Waals surface area contributed by atoms with Crippen LogP contribution in [0.3, 0.4) is 0 Å². The summed E-state index contributed by atoms with van der Waals surface area (Å²) in [4.78, 5) is 35.0. The number of rotatable bonds is 6. The standard InChI is InChI=1S/C41H39FN12O6S2/c1-52-38(44)50-41(22-61(52,57)58)13-3-5-30-26(14-29(16-32(30)41)48-37(56)34-21-53-19-24(17-43)6-11-35(53)49-34)20-54-39(45)51-40(23-62(54,59)60)12-2-4-25-7-9-28(15-31(25)40)47-36(55)33-10-8-27(42)18-46-33/h6-11,14-16,18-19,21H,2-5,12-13,20,22-23H2,1H3,(H2,44,50)(H2,45,51)(H,47,55)(H,48,56)/t40-,41-/m0/s1. The summed E-state index contributed by atoms with van der Waals surface area (Å²) >= 11 is 0. The Kier molecular flexibility index (Phi) is 9.55. The van der Waals surface area contributed by atoms with E-state index in [-0.39, 0.29) is 29.6 Å². The SMILES string of the molecule is CN1C(=N)N[C@@]2(CCCc3c(CN4C(=N)N[C@@]5(CCCc6ccc(NC(=O)c7ccc(F)cn7)cc65)CS4(=O)=O)cc(NC(=O)c4cn5cc(C#N)ccc5n4)cc32)CS1(=O)=O. The Morgan fingerprint density at radius 2 is 1.55 bits per heavy atom. The number of pyridine rings is 2. The van der Waals surface area contributed by atoms with E-state index in [9.17, 15) is 41.5 Å². The topological polar surface area (TPSA) is 259 Å². The van der Waals surface area contributed by atoms with Crippen LogP contribution in [-0.2, 0) is 50.5 Å². The zero-order chi connectivity index (χ0) is 43.8. The summed E-state index contributed by atoms with van der Waals surface area (Å²) in [6, 6.07) is 16.0. The van der Waals surface area contributed by atoms with Crippen LogP contribution in [0.15, 0.2) is 73.2 Å². The number of nitrogens with one attached hydrogen (secondary N) is 6. The Morgan fingerprint density at radius 3 is 2.27 bits per heavy atom. The molecule has 6 N–H and O–H groups in total. The van der Waals surface area contributed by atoms with Gasteiger partial charge in [-0.05, 0) is 115 Å². The van der Waals surface area contributed by atoms with E-state index in [2.05, 4.69) is 31.2 Å². The second-order valence-corrected chi connectivity index (χ2v) is 19.9. The van der Waals surface area contributed by atoms with Gasteiger partial charge in [-0.25, -0.2) is 39.8 Å². The van der Waals surface area contributed by atoms with Gasteiger partial charge in [-0.3, -0.25) is 20.4 Å². The number of imidazole rings is 1. The predicted molar refractivity (Wildman–Crippen MR) is 225 cm³/mol. The third kappa shape index (κ3) is 7.03. The van der Waals surface area contributed by atoms with Gasteiger partial charge in [0.2, 0.25) is 32.0 Å². The summed E-state index contributed by atoms with van der Waals surface area (Å²) in [6.07, 6.45) is 6.80. The lowest BCUT2D eigenvalue weighted by atomic mass is 9.75. The van der Waals surface area contributed by atoms with Gasteiger partial charge in [-0.15, -0.1) is 0 Å². The van der Waals surface area contributed by atoms with E-state index in [1.165, 1.54) is 25.5 Å². The minimum absolute atomic E-state index is 0.0110. The smallest absolute Gasteiger partial charge is 0.275 e. The van der Waals surface area contributed by atoms with Crippen molar-refractivity contribution in [2.45, 2.75) is 56.1 Å². The second kappa shape index (κ2) is 14.6. The number of sulfonamides is 2. The molecule has 2 atom stereocenters. The normalized spacial score (nSPS) is 22.3. The maximum atomic E-state index is 14.6. The summed E-state index contributed by atoms with van der Waals surface area (Å²) in [5, 5.41) is 39.1. The van der Waals surface area contributed by atoms with E-state index in [1.54, 1.807) is 40.8 Å². The van der Waals surface area contributed by atoms with Crippen LogP contribution in [0.1, 0.15) is 80.0 Å². The highest BCUT2D eigenvalue weighted by Crippen LogP contribution is 2.44. The number of hydrogen-bond acceptors (Lipinski definition) is 11. The number of hydrogen-bond donors (Lipinski definition) is 6. The molecule has 2 fully saturated rings. The maximum Gasteiger partial charge on any atom is 0.275 e. The van der Waals surface area contributed by atoms with Crippen LogP contribution in [0.2, 0.25) is 0 Å². The molecule has 2 aliphatic heterocycles. The fourth-order valence-electron chi connectivity index (χ4n) is 9.10. The van der Waals surface area contributed by atoms with Gasteiger partial charge in [-0.1, -0.05) is 6.07 Å². The molecule has 0 bridgehead atoms. The summed E-state index contributed by atoms with van der Waals surface area (Å²) in [6.45, 7) is -0.338. The summed E-state index contributed by atoms with van der Waals surface area (Å²) in [7, 11) is -6.93. The van der Waals surface area contributed by atoms with Crippen LogP contribution in [-0.4, -0.2) is 82.1 Å². The molecule has 5 heterocycles. The highest BCUT2D eigenvalue weighted by atomic mass is 32.2. The molecule has 3 aromatic heterocycles. The average Bonchev–Trinajstić information content (AvgIpc) is 3.66. The quantitative estimate of drug-likeness (QED) is 0.144. The van der Waals surface area contributed by atoms with Crippen LogP contribution in [0, 0.1) is 28.0 Å². The zero-order valence-corrected chi connectivity index (χ0v) is 34.8. The Labute approximate surface area is 355 Å². The minimum Gasteiger partial charge on any atom is -0.345 e. The molecule has 21 heteroatoms. The van der Waals surface area contributed by atoms with Crippen molar-refractivity contribution >= 4 is 60.8 Å². The number of carbonyl (C=O) groups is 2. The summed E-state index contributed by atoms with van der Waals surface area (Å²) in [5.41, 5.74) is 1.84. The molecule has 2 aliphatic carbocycles. The Balaban J connectivity index is 1.06. The lowest BCUT2D eigenvalue weighted by Crippen LogP contribution is -2.64. The van der Waals surface area contributed by atoms with Gasteiger partial charge in [-0.2, -0.15) is 5.26 Å². The fraction of sp³-hybridized carbons (Fsp3) is 0.293. The number of anilines is 2. The van der Waals surface area contributed by atoms with Crippen LogP contribution in [0.4, 0.5) is 15.8 Å². The molecule has 2 amide bonds. The zero-order valence-electron chi connectivity index (χ0n) is 33.1. The number of aryl methyl sites for hydroxylation is 1. The van der Waals surface area contributed by atoms with Crippen molar-refractivity contribution in [1.29, 1.82) is 16.1 Å². The number of amides is 2. The van der Waals surface area contributed by atoms with Crippen LogP contribution < -0.4 is 21.3 Å². The average molecular weight is 879 g/mol. The van der Waals surface area contributed by atoms with Gasteiger partial charge in [0.25, 0.3) is 11.8 Å². The molecule has 0 unspecified atom stereocenters. The van der Waals surface area contributed by atoms with Crippen LogP contribution in [0.5, 0.6) is 0 Å². The summed E-state index contributed by atoms with van der Waals surface area (Å²) in [5.74, 6) is -3.37. The van der Waals surface area contributed by atoms with Crippen molar-refractivity contribution in [3.05, 3.63) is 124 Å². The van der Waals surface area contributed by atoms with Crippen molar-refractivity contribution < 1.29 is 30.8 Å². The first kappa shape index (κ1) is 40.5. The minimum atomic E-state index is -4.26. The highest BCUT2D eigenvalue weighted by Gasteiger charge is 2.50. The number of carbonyl (C=O) groups excluding carboxylic acids is 2. The second-order valence-electron chi connectivity index (χ2n) is 16.0. The Morgan fingerprint density at radius 1 is 0.855 bits per heavy atom. The monoisotopic (exact) mass is 878 g/mol. The number of guanidine groups is 2. The van der Waals surface area contributed by atoms with Crippen molar-refractivity contribution in [1.82, 2.24) is 33.6 Å². The summed E-state index contributed by atoms with van der Waals surface area (Å²) < 4.78 is 72.9. The van der Waals surface area contributed by atoms with E-state index in [4.69, 9.17) is 5.41 Å². The van der Waals surface area contributed by atoms with Crippen molar-refractivity contribution in [2.75, 3.05) is 29.2 Å². The van der Waals surface area contributed by atoms with E-state index in [0.717, 1.165) is 26.4 Å². The number of halogens is 1. The Hall–Kier alpha value is -6.92. The highest BCUT2D eigenvalue weighted by molar-refractivity contribution is 7.90. The number of benzene rings is 2. The molecule has 2 spiro atoms. The molecule has 2 aromatic carbocycles. The lowest BCUT2D eigenvalue weighted by Gasteiger charge is -2.47. The molecule has 0 saturated carbocycles. The molecular weight excluding hydrogens is 840 g/mol. The molecule has 18 nitrogen and oxygen atoms in total. The molecule has 2 saturated heterocycles. The van der Waals surface area contributed by atoms with Gasteiger partial charge in [0.15, 0.2) is 0 Å². The van der Waals surface area contributed by atoms with Crippen LogP contribution in [0.25, 0.3) is 5.65 Å². The van der Waals surface area contributed by atoms with Crippen molar-refractivity contribution in [3.63, 3.8) is 0 Å². The Bertz CT molecular complexity index is 3040. The first-order valence-corrected chi connectivity index (χ1v) is 22.8. The number of nitriles is 1. The van der Waals surface area contributed by atoms with Gasteiger partial charge in [0.05, 0.1) is 40.9 Å².